The van der Waals surface area contributed by atoms with Crippen molar-refractivity contribution in [3.63, 3.8) is 0 Å². The minimum absolute atomic E-state index is 0.0883. The first-order valence-electron chi connectivity index (χ1n) is 13.0. The lowest BCUT2D eigenvalue weighted by Crippen LogP contribution is -2.45. The van der Waals surface area contributed by atoms with Crippen LogP contribution >= 0.6 is 0 Å². The summed E-state index contributed by atoms with van der Waals surface area (Å²) in [5.74, 6) is -0.177. The predicted octanol–water partition coefficient (Wildman–Crippen LogP) is 6.43. The fourth-order valence-electron chi connectivity index (χ4n) is 3.52. The maximum absolute atomic E-state index is 11.9. The number of unbranched alkanes of at least 4 members (excludes halogenated alkanes) is 12. The highest BCUT2D eigenvalue weighted by atomic mass is 16.5. The third-order valence-electron chi connectivity index (χ3n) is 5.89. The summed E-state index contributed by atoms with van der Waals surface area (Å²) in [6.07, 6.45) is 17.9. The molecule has 5 nitrogen and oxygen atoms in total. The molecule has 0 heterocycles. The van der Waals surface area contributed by atoms with Gasteiger partial charge in [-0.15, -0.1) is 0 Å². The van der Waals surface area contributed by atoms with Crippen LogP contribution in [0, 0.1) is 0 Å². The fourth-order valence-corrected chi connectivity index (χ4v) is 3.52. The van der Waals surface area contributed by atoms with Crippen LogP contribution in [0.1, 0.15) is 117 Å². The lowest BCUT2D eigenvalue weighted by atomic mass is 10.1. The van der Waals surface area contributed by atoms with Crippen LogP contribution < -0.4 is 0 Å². The summed E-state index contributed by atoms with van der Waals surface area (Å²) in [6, 6.07) is 0. The number of carbonyl (C=O) groups is 2. The average molecular weight is 443 g/mol. The summed E-state index contributed by atoms with van der Waals surface area (Å²) in [5.41, 5.74) is 0. The van der Waals surface area contributed by atoms with E-state index in [1.54, 1.807) is 0 Å². The summed E-state index contributed by atoms with van der Waals surface area (Å²) < 4.78 is 11.5. The van der Waals surface area contributed by atoms with Gasteiger partial charge in [0.2, 0.25) is 0 Å². The molecule has 184 valence electrons. The number of nitrogens with zero attached hydrogens (tertiary/aromatic N) is 1. The molecular weight excluding hydrogens is 390 g/mol. The van der Waals surface area contributed by atoms with Gasteiger partial charge in [-0.3, -0.25) is 9.59 Å². The van der Waals surface area contributed by atoms with Crippen molar-refractivity contribution in [2.45, 2.75) is 117 Å². The van der Waals surface area contributed by atoms with Gasteiger partial charge in [0.25, 0.3) is 0 Å². The molecule has 0 aliphatic heterocycles. The molecule has 0 spiro atoms. The van der Waals surface area contributed by atoms with Crippen molar-refractivity contribution in [1.29, 1.82) is 0 Å². The van der Waals surface area contributed by atoms with Gasteiger partial charge in [0, 0.05) is 12.8 Å². The summed E-state index contributed by atoms with van der Waals surface area (Å²) in [5, 5.41) is 0. The van der Waals surface area contributed by atoms with Gasteiger partial charge in [-0.25, -0.2) is 0 Å². The average Bonchev–Trinajstić information content (AvgIpc) is 2.72. The standard InChI is InChI=1S/C26H52NO4/c1-5-7-9-11-13-15-17-19-25(28)30-23-21-27(3,4)22-24-31-26(29)20-18-16-14-12-10-8-6-2/h5-24H2,1-4H3/q+1. The van der Waals surface area contributed by atoms with Crippen LogP contribution in [0.25, 0.3) is 0 Å². The molecule has 0 fully saturated rings. The van der Waals surface area contributed by atoms with E-state index in [9.17, 15) is 9.59 Å². The number of hydrogen-bond donors (Lipinski definition) is 0. The number of quaternary nitrogens is 1. The molecule has 0 atom stereocenters. The maximum Gasteiger partial charge on any atom is 0.305 e. The minimum Gasteiger partial charge on any atom is -0.460 e. The molecule has 0 aliphatic rings. The zero-order valence-electron chi connectivity index (χ0n) is 21.2. The van der Waals surface area contributed by atoms with Crippen molar-refractivity contribution in [2.24, 2.45) is 0 Å². The molecule has 0 aliphatic carbocycles. The lowest BCUT2D eigenvalue weighted by Gasteiger charge is -2.29. The van der Waals surface area contributed by atoms with E-state index in [0.29, 0.717) is 30.5 Å². The van der Waals surface area contributed by atoms with Crippen molar-refractivity contribution in [3.05, 3.63) is 0 Å². The molecule has 31 heavy (non-hydrogen) atoms. The molecular formula is C26H52NO4+. The number of carbonyl (C=O) groups excluding carboxylic acids is 2. The molecule has 0 aromatic rings. The van der Waals surface area contributed by atoms with Gasteiger partial charge in [-0.2, -0.15) is 0 Å². The molecule has 0 amide bonds. The van der Waals surface area contributed by atoms with Crippen LogP contribution in [-0.2, 0) is 19.1 Å². The normalized spacial score (nSPS) is 11.5. The molecule has 0 N–H and O–H groups in total. The van der Waals surface area contributed by atoms with Crippen LogP contribution in [0.4, 0.5) is 0 Å². The van der Waals surface area contributed by atoms with Crippen molar-refractivity contribution in [2.75, 3.05) is 40.4 Å². The van der Waals surface area contributed by atoms with Gasteiger partial charge in [0.1, 0.15) is 26.3 Å². The smallest absolute Gasteiger partial charge is 0.305 e. The van der Waals surface area contributed by atoms with Crippen LogP contribution in [-0.4, -0.2) is 56.8 Å². The Morgan fingerprint density at radius 1 is 0.548 bits per heavy atom. The zero-order valence-corrected chi connectivity index (χ0v) is 21.2. The predicted molar refractivity (Wildman–Crippen MR) is 129 cm³/mol. The highest BCUT2D eigenvalue weighted by Gasteiger charge is 2.17. The molecule has 0 rings (SSSR count). The number of esters is 2. The van der Waals surface area contributed by atoms with E-state index < -0.39 is 0 Å². The van der Waals surface area contributed by atoms with Gasteiger partial charge in [0.15, 0.2) is 0 Å². The van der Waals surface area contributed by atoms with Gasteiger partial charge in [-0.1, -0.05) is 90.9 Å². The van der Waals surface area contributed by atoms with Crippen molar-refractivity contribution in [1.82, 2.24) is 0 Å². The Kier molecular flexibility index (Phi) is 20.0. The zero-order chi connectivity index (χ0) is 23.2. The van der Waals surface area contributed by atoms with Gasteiger partial charge in [0.05, 0.1) is 14.1 Å². The second-order valence-corrected chi connectivity index (χ2v) is 9.57. The highest BCUT2D eigenvalue weighted by Crippen LogP contribution is 2.10. The van der Waals surface area contributed by atoms with E-state index in [2.05, 4.69) is 27.9 Å². The van der Waals surface area contributed by atoms with E-state index in [0.717, 1.165) is 38.8 Å². The van der Waals surface area contributed by atoms with Gasteiger partial charge < -0.3 is 14.0 Å². The third-order valence-corrected chi connectivity index (χ3v) is 5.89. The molecule has 0 radical (unpaired) electrons. The molecule has 0 bridgehead atoms. The summed E-state index contributed by atoms with van der Waals surface area (Å²) in [4.78, 5) is 23.7. The molecule has 0 saturated carbocycles. The van der Waals surface area contributed by atoms with Crippen LogP contribution in [0.3, 0.4) is 0 Å². The number of hydrogen-bond acceptors (Lipinski definition) is 4. The Hall–Kier alpha value is -1.10. The molecule has 0 unspecified atom stereocenters. The van der Waals surface area contributed by atoms with E-state index >= 15 is 0 Å². The quantitative estimate of drug-likeness (QED) is 0.110. The fraction of sp³-hybridized carbons (Fsp3) is 0.923. The van der Waals surface area contributed by atoms with Crippen molar-refractivity contribution < 1.29 is 23.5 Å². The third kappa shape index (κ3) is 21.9. The minimum atomic E-state index is -0.0883. The first-order chi connectivity index (χ1) is 14.9. The second-order valence-electron chi connectivity index (χ2n) is 9.57. The van der Waals surface area contributed by atoms with Gasteiger partial charge in [-0.05, 0) is 12.8 Å². The monoisotopic (exact) mass is 442 g/mol. The molecule has 0 aromatic carbocycles. The molecule has 0 saturated heterocycles. The number of rotatable bonds is 22. The molecule has 0 aromatic heterocycles. The number of likely N-dealkylation sites (N-methyl/N-ethyl adjacent to an activating group) is 1. The van der Waals surface area contributed by atoms with E-state index in [1.165, 1.54) is 64.2 Å². The Morgan fingerprint density at radius 3 is 1.23 bits per heavy atom. The first kappa shape index (κ1) is 29.9. The topological polar surface area (TPSA) is 52.6 Å². The number of ether oxygens (including phenoxy) is 2. The van der Waals surface area contributed by atoms with Crippen molar-refractivity contribution >= 4 is 11.9 Å². The Morgan fingerprint density at radius 2 is 0.871 bits per heavy atom. The Bertz CT molecular complexity index is 399. The Labute approximate surface area is 192 Å². The second kappa shape index (κ2) is 20.8. The van der Waals surface area contributed by atoms with E-state index in [1.807, 2.05) is 0 Å². The van der Waals surface area contributed by atoms with Crippen LogP contribution in [0.15, 0.2) is 0 Å². The SMILES string of the molecule is CCCCCCCCCC(=O)OCC[N+](C)(C)CCOC(=O)CCCCCCCCC. The van der Waals surface area contributed by atoms with Crippen LogP contribution in [0.5, 0.6) is 0 Å². The molecule has 5 heteroatoms. The van der Waals surface area contributed by atoms with Crippen molar-refractivity contribution in [3.8, 4) is 0 Å². The first-order valence-corrected chi connectivity index (χ1v) is 13.0. The highest BCUT2D eigenvalue weighted by molar-refractivity contribution is 5.69. The summed E-state index contributed by atoms with van der Waals surface area (Å²) in [7, 11) is 4.16. The van der Waals surface area contributed by atoms with E-state index in [4.69, 9.17) is 9.47 Å². The lowest BCUT2D eigenvalue weighted by molar-refractivity contribution is -0.890. The summed E-state index contributed by atoms with van der Waals surface area (Å²) >= 11 is 0. The Balaban J connectivity index is 3.62. The largest absolute Gasteiger partial charge is 0.460 e. The van der Waals surface area contributed by atoms with Crippen LogP contribution in [0.2, 0.25) is 0 Å². The van der Waals surface area contributed by atoms with Gasteiger partial charge >= 0.3 is 11.9 Å². The van der Waals surface area contributed by atoms with E-state index in [-0.39, 0.29) is 11.9 Å². The summed E-state index contributed by atoms with van der Waals surface area (Å²) in [6.45, 7) is 6.76. The maximum atomic E-state index is 11.9.